The van der Waals surface area contributed by atoms with Gasteiger partial charge >= 0.3 is 0 Å². The normalized spacial score (nSPS) is 17.2. The molecule has 1 aromatic rings. The molecule has 1 aliphatic carbocycles. The number of aromatic nitrogens is 1. The molecule has 19 heavy (non-hydrogen) atoms. The number of nitrogens with one attached hydrogen (secondary N) is 1. The molecule has 1 saturated carbocycles. The van der Waals surface area contributed by atoms with Crippen molar-refractivity contribution in [2.24, 2.45) is 0 Å². The predicted octanol–water partition coefficient (Wildman–Crippen LogP) is 1.40. The molecule has 1 amide bonds. The summed E-state index contributed by atoms with van der Waals surface area (Å²) in [5.41, 5.74) is 0.120. The van der Waals surface area contributed by atoms with Crippen molar-refractivity contribution in [3.8, 4) is 5.88 Å². The molecule has 1 heterocycles. The smallest absolute Gasteiger partial charge is 0.223 e. The summed E-state index contributed by atoms with van der Waals surface area (Å²) < 4.78 is 4.97. The Bertz CT molecular complexity index is 425. The molecule has 1 aliphatic rings. The Morgan fingerprint density at radius 2 is 2.21 bits per heavy atom. The molecule has 0 bridgehead atoms. The molecule has 2 rings (SSSR count). The van der Waals surface area contributed by atoms with E-state index in [4.69, 9.17) is 4.74 Å². The fourth-order valence-corrected chi connectivity index (χ4v) is 2.41. The molecule has 0 aromatic carbocycles. The van der Waals surface area contributed by atoms with E-state index in [9.17, 15) is 9.90 Å². The van der Waals surface area contributed by atoms with Gasteiger partial charge in [0.1, 0.15) is 0 Å². The van der Waals surface area contributed by atoms with Crippen molar-refractivity contribution in [1.82, 2.24) is 10.3 Å². The van der Waals surface area contributed by atoms with Crippen molar-refractivity contribution < 1.29 is 14.6 Å². The van der Waals surface area contributed by atoms with E-state index >= 15 is 0 Å². The number of carbonyl (C=O) groups excluding carboxylic acids is 1. The van der Waals surface area contributed by atoms with E-state index < -0.39 is 5.60 Å². The summed E-state index contributed by atoms with van der Waals surface area (Å²) in [6, 6.07) is 3.61. The maximum Gasteiger partial charge on any atom is 0.223 e. The quantitative estimate of drug-likeness (QED) is 0.843. The van der Waals surface area contributed by atoms with Crippen LogP contribution in [0.2, 0.25) is 0 Å². The summed E-state index contributed by atoms with van der Waals surface area (Å²) in [5.74, 6) is 0.440. The summed E-state index contributed by atoms with van der Waals surface area (Å²) in [6.07, 6.45) is 5.33. The lowest BCUT2D eigenvalue weighted by atomic mass is 9.98. The molecule has 1 fully saturated rings. The maximum atomic E-state index is 11.8. The number of hydrogen-bond acceptors (Lipinski definition) is 4. The van der Waals surface area contributed by atoms with Crippen LogP contribution in [0.1, 0.15) is 37.7 Å². The van der Waals surface area contributed by atoms with Crippen LogP contribution in [0.5, 0.6) is 5.88 Å². The SMILES string of the molecule is COc1ccc(CNC(=O)CC2(O)CCCC2)cn1. The number of nitrogens with zero attached hydrogens (tertiary/aromatic N) is 1. The third-order valence-electron chi connectivity index (χ3n) is 3.52. The van der Waals surface area contributed by atoms with Crippen molar-refractivity contribution >= 4 is 5.91 Å². The standard InChI is InChI=1S/C14H20N2O3/c1-19-13-5-4-11(10-16-13)9-15-12(17)8-14(18)6-2-3-7-14/h4-5,10,18H,2-3,6-9H2,1H3,(H,15,17). The van der Waals surface area contributed by atoms with Gasteiger partial charge in [-0.05, 0) is 18.4 Å². The Morgan fingerprint density at radius 3 is 2.79 bits per heavy atom. The van der Waals surface area contributed by atoms with Crippen LogP contribution in [0.25, 0.3) is 0 Å². The van der Waals surface area contributed by atoms with Crippen molar-refractivity contribution in [3.05, 3.63) is 23.9 Å². The summed E-state index contributed by atoms with van der Waals surface area (Å²) in [4.78, 5) is 15.9. The molecule has 0 spiro atoms. The molecule has 0 aliphatic heterocycles. The van der Waals surface area contributed by atoms with Gasteiger partial charge in [-0.15, -0.1) is 0 Å². The van der Waals surface area contributed by atoms with Gasteiger partial charge < -0.3 is 15.2 Å². The Morgan fingerprint density at radius 1 is 1.47 bits per heavy atom. The molecule has 0 unspecified atom stereocenters. The molecule has 0 atom stereocenters. The zero-order valence-electron chi connectivity index (χ0n) is 11.2. The number of pyridine rings is 1. The van der Waals surface area contributed by atoms with Crippen LogP contribution in [0, 0.1) is 0 Å². The van der Waals surface area contributed by atoms with Gasteiger partial charge in [-0.25, -0.2) is 4.98 Å². The van der Waals surface area contributed by atoms with Gasteiger partial charge in [0.2, 0.25) is 11.8 Å². The Labute approximate surface area is 113 Å². The predicted molar refractivity (Wildman–Crippen MR) is 70.7 cm³/mol. The molecule has 5 nitrogen and oxygen atoms in total. The monoisotopic (exact) mass is 264 g/mol. The molecular formula is C14H20N2O3. The van der Waals surface area contributed by atoms with E-state index in [0.29, 0.717) is 12.4 Å². The zero-order valence-corrected chi connectivity index (χ0v) is 11.2. The largest absolute Gasteiger partial charge is 0.481 e. The third-order valence-corrected chi connectivity index (χ3v) is 3.52. The van der Waals surface area contributed by atoms with Crippen LogP contribution in [-0.2, 0) is 11.3 Å². The van der Waals surface area contributed by atoms with E-state index in [1.807, 2.05) is 6.07 Å². The average Bonchev–Trinajstić information content (AvgIpc) is 2.83. The van der Waals surface area contributed by atoms with Crippen LogP contribution < -0.4 is 10.1 Å². The molecule has 2 N–H and O–H groups in total. The van der Waals surface area contributed by atoms with Crippen LogP contribution in [0.15, 0.2) is 18.3 Å². The summed E-state index contributed by atoms with van der Waals surface area (Å²) in [6.45, 7) is 0.423. The van der Waals surface area contributed by atoms with E-state index in [1.165, 1.54) is 0 Å². The first-order valence-electron chi connectivity index (χ1n) is 6.59. The van der Waals surface area contributed by atoms with Crippen molar-refractivity contribution in [2.45, 2.75) is 44.2 Å². The second-order valence-corrected chi connectivity index (χ2v) is 5.09. The number of rotatable bonds is 5. The lowest BCUT2D eigenvalue weighted by Gasteiger charge is -2.21. The molecule has 0 radical (unpaired) electrons. The maximum absolute atomic E-state index is 11.8. The van der Waals surface area contributed by atoms with E-state index in [-0.39, 0.29) is 12.3 Å². The summed E-state index contributed by atoms with van der Waals surface area (Å²) in [5, 5.41) is 12.9. The van der Waals surface area contributed by atoms with Crippen LogP contribution in [0.4, 0.5) is 0 Å². The van der Waals surface area contributed by atoms with Gasteiger partial charge in [-0.2, -0.15) is 0 Å². The molecular weight excluding hydrogens is 244 g/mol. The molecule has 0 saturated heterocycles. The lowest BCUT2D eigenvalue weighted by molar-refractivity contribution is -0.126. The van der Waals surface area contributed by atoms with Gasteiger partial charge in [0.05, 0.1) is 19.1 Å². The van der Waals surface area contributed by atoms with Gasteiger partial charge in [0.15, 0.2) is 0 Å². The number of hydrogen-bond donors (Lipinski definition) is 2. The average molecular weight is 264 g/mol. The van der Waals surface area contributed by atoms with E-state index in [1.54, 1.807) is 19.4 Å². The minimum absolute atomic E-state index is 0.111. The molecule has 1 aromatic heterocycles. The van der Waals surface area contributed by atoms with Crippen molar-refractivity contribution in [3.63, 3.8) is 0 Å². The number of methoxy groups -OCH3 is 1. The minimum Gasteiger partial charge on any atom is -0.481 e. The topological polar surface area (TPSA) is 71.5 Å². The van der Waals surface area contributed by atoms with Crippen molar-refractivity contribution in [2.75, 3.05) is 7.11 Å². The highest BCUT2D eigenvalue weighted by atomic mass is 16.5. The number of ether oxygens (including phenoxy) is 1. The van der Waals surface area contributed by atoms with Crippen molar-refractivity contribution in [1.29, 1.82) is 0 Å². The third kappa shape index (κ3) is 3.92. The lowest BCUT2D eigenvalue weighted by Crippen LogP contribution is -2.34. The van der Waals surface area contributed by atoms with Gasteiger partial charge in [0.25, 0.3) is 0 Å². The fourth-order valence-electron chi connectivity index (χ4n) is 2.41. The number of aliphatic hydroxyl groups is 1. The fraction of sp³-hybridized carbons (Fsp3) is 0.571. The second kappa shape index (κ2) is 6.02. The minimum atomic E-state index is -0.789. The van der Waals surface area contributed by atoms with Crippen LogP contribution in [-0.4, -0.2) is 28.7 Å². The van der Waals surface area contributed by atoms with Gasteiger partial charge in [0, 0.05) is 18.8 Å². The first kappa shape index (κ1) is 13.8. The molecule has 104 valence electrons. The highest BCUT2D eigenvalue weighted by Crippen LogP contribution is 2.32. The van der Waals surface area contributed by atoms with Crippen LogP contribution >= 0.6 is 0 Å². The Kier molecular flexibility index (Phi) is 4.37. The number of amides is 1. The first-order chi connectivity index (χ1) is 9.11. The van der Waals surface area contributed by atoms with E-state index in [2.05, 4.69) is 10.3 Å². The second-order valence-electron chi connectivity index (χ2n) is 5.09. The van der Waals surface area contributed by atoms with Gasteiger partial charge in [-0.3, -0.25) is 4.79 Å². The zero-order chi connectivity index (χ0) is 13.7. The van der Waals surface area contributed by atoms with Gasteiger partial charge in [-0.1, -0.05) is 18.9 Å². The highest BCUT2D eigenvalue weighted by molar-refractivity contribution is 5.77. The van der Waals surface area contributed by atoms with Crippen LogP contribution in [0.3, 0.4) is 0 Å². The summed E-state index contributed by atoms with van der Waals surface area (Å²) >= 11 is 0. The summed E-state index contributed by atoms with van der Waals surface area (Å²) in [7, 11) is 1.56. The first-order valence-corrected chi connectivity index (χ1v) is 6.59. The van der Waals surface area contributed by atoms with E-state index in [0.717, 1.165) is 31.2 Å². The number of carbonyl (C=O) groups is 1. The molecule has 5 heteroatoms. The Hall–Kier alpha value is -1.62. The highest BCUT2D eigenvalue weighted by Gasteiger charge is 2.33. The Balaban J connectivity index is 1.79.